The largest absolute Gasteiger partial charge is 0.451 e. The summed E-state index contributed by atoms with van der Waals surface area (Å²) >= 11 is 0. The molecule has 2 N–H and O–H groups in total. The van der Waals surface area contributed by atoms with Crippen LogP contribution in [0, 0.1) is 5.92 Å². The van der Waals surface area contributed by atoms with E-state index < -0.39 is 29.7 Å². The van der Waals surface area contributed by atoms with Crippen molar-refractivity contribution < 1.29 is 35.9 Å². The van der Waals surface area contributed by atoms with Gasteiger partial charge in [-0.1, -0.05) is 12.1 Å². The minimum Gasteiger partial charge on any atom is -0.381 e. The second kappa shape index (κ2) is 11.7. The molecule has 0 spiro atoms. The molecule has 0 bridgehead atoms. The smallest absolute Gasteiger partial charge is 0.381 e. The maximum Gasteiger partial charge on any atom is 0.451 e. The maximum absolute atomic E-state index is 13.5. The maximum atomic E-state index is 13.5. The zero-order valence-electron chi connectivity index (χ0n) is 20.5. The van der Waals surface area contributed by atoms with Gasteiger partial charge in [-0.2, -0.15) is 26.3 Å². The average molecular weight is 546 g/mol. The molecule has 1 aromatic heterocycles. The van der Waals surface area contributed by atoms with Crippen LogP contribution in [0.25, 0.3) is 0 Å². The number of benzene rings is 1. The molecule has 0 radical (unpaired) electrons. The SMILES string of the molecule is O=C(NCCc1ccc(C(F)(F)F)cc1)[C@@H]1CCCN(c2cc(NC3CCOCC3)nc(C(F)(F)F)n2)C1. The lowest BCUT2D eigenvalue weighted by atomic mass is 9.97. The van der Waals surface area contributed by atoms with Gasteiger partial charge in [0.2, 0.25) is 11.7 Å². The first-order chi connectivity index (χ1) is 18.0. The van der Waals surface area contributed by atoms with Crippen molar-refractivity contribution in [2.24, 2.45) is 5.92 Å². The fraction of sp³-hybridized carbons (Fsp3) is 0.560. The number of anilines is 2. The molecule has 7 nitrogen and oxygen atoms in total. The van der Waals surface area contributed by atoms with Crippen LogP contribution in [-0.2, 0) is 28.3 Å². The molecule has 0 aliphatic carbocycles. The molecule has 1 amide bonds. The number of amides is 1. The molecule has 1 atom stereocenters. The molecule has 2 saturated heterocycles. The summed E-state index contributed by atoms with van der Waals surface area (Å²) in [6, 6.07) is 6.16. The lowest BCUT2D eigenvalue weighted by Gasteiger charge is -2.33. The summed E-state index contributed by atoms with van der Waals surface area (Å²) in [4.78, 5) is 21.9. The standard InChI is InChI=1S/C25H29F6N5O2/c26-24(27,28)18-5-3-16(4-6-18)7-10-32-22(37)17-2-1-11-36(15-17)21-14-20(33-19-8-12-38-13-9-19)34-23(35-21)25(29,30)31/h3-6,14,17,19H,1-2,7-13,15H2,(H,32,37)(H,33,34,35)/t17-/m1/s1. The molecule has 13 heteroatoms. The number of halogens is 6. The van der Waals surface area contributed by atoms with Crippen LogP contribution in [0.3, 0.4) is 0 Å². The van der Waals surface area contributed by atoms with E-state index in [1.807, 2.05) is 0 Å². The lowest BCUT2D eigenvalue weighted by molar-refractivity contribution is -0.144. The molecule has 2 aliphatic heterocycles. The normalized spacial score (nSPS) is 19.3. The van der Waals surface area contributed by atoms with Crippen LogP contribution in [0.4, 0.5) is 38.0 Å². The van der Waals surface area contributed by atoms with Crippen molar-refractivity contribution >= 4 is 17.5 Å². The number of carbonyl (C=O) groups is 1. The van der Waals surface area contributed by atoms with Crippen LogP contribution in [-0.4, -0.2) is 54.8 Å². The zero-order chi connectivity index (χ0) is 27.3. The van der Waals surface area contributed by atoms with Gasteiger partial charge in [0.15, 0.2) is 0 Å². The van der Waals surface area contributed by atoms with E-state index in [-0.39, 0.29) is 36.7 Å². The third-order valence-corrected chi connectivity index (χ3v) is 6.65. The van der Waals surface area contributed by atoms with Gasteiger partial charge < -0.3 is 20.3 Å². The minimum atomic E-state index is -4.73. The predicted octanol–water partition coefficient (Wildman–Crippen LogP) is 4.68. The highest BCUT2D eigenvalue weighted by atomic mass is 19.4. The molecule has 1 aromatic carbocycles. The van der Waals surface area contributed by atoms with E-state index in [0.29, 0.717) is 57.4 Å². The van der Waals surface area contributed by atoms with E-state index in [4.69, 9.17) is 4.74 Å². The number of piperidine rings is 1. The predicted molar refractivity (Wildman–Crippen MR) is 128 cm³/mol. The van der Waals surface area contributed by atoms with Gasteiger partial charge in [0.25, 0.3) is 0 Å². The Morgan fingerprint density at radius 3 is 2.37 bits per heavy atom. The van der Waals surface area contributed by atoms with Crippen molar-refractivity contribution in [1.82, 2.24) is 15.3 Å². The summed E-state index contributed by atoms with van der Waals surface area (Å²) < 4.78 is 84.1. The molecule has 2 fully saturated rings. The Morgan fingerprint density at radius 1 is 1.00 bits per heavy atom. The van der Waals surface area contributed by atoms with Crippen molar-refractivity contribution in [1.29, 1.82) is 0 Å². The van der Waals surface area contributed by atoms with Crippen molar-refractivity contribution in [2.45, 2.75) is 50.5 Å². The molecular formula is C25H29F6N5O2. The van der Waals surface area contributed by atoms with Crippen LogP contribution in [0.1, 0.15) is 42.6 Å². The Morgan fingerprint density at radius 2 is 1.71 bits per heavy atom. The second-order valence-electron chi connectivity index (χ2n) is 9.48. The molecule has 208 valence electrons. The first-order valence-corrected chi connectivity index (χ1v) is 12.5. The summed E-state index contributed by atoms with van der Waals surface area (Å²) in [5, 5.41) is 5.86. The van der Waals surface area contributed by atoms with Gasteiger partial charge >= 0.3 is 12.4 Å². The Kier molecular flexibility index (Phi) is 8.64. The van der Waals surface area contributed by atoms with E-state index >= 15 is 0 Å². The van der Waals surface area contributed by atoms with Gasteiger partial charge in [-0.3, -0.25) is 4.79 Å². The highest BCUT2D eigenvalue weighted by Gasteiger charge is 2.37. The summed E-state index contributed by atoms with van der Waals surface area (Å²) in [5.74, 6) is -1.78. The molecule has 38 heavy (non-hydrogen) atoms. The Balaban J connectivity index is 1.37. The third kappa shape index (κ3) is 7.49. The number of hydrogen-bond acceptors (Lipinski definition) is 6. The fourth-order valence-electron chi connectivity index (χ4n) is 4.58. The highest BCUT2D eigenvalue weighted by Crippen LogP contribution is 2.32. The minimum absolute atomic E-state index is 0.0582. The van der Waals surface area contributed by atoms with Crippen LogP contribution in [0.5, 0.6) is 0 Å². The number of hydrogen-bond donors (Lipinski definition) is 2. The fourth-order valence-corrected chi connectivity index (χ4v) is 4.58. The number of carbonyl (C=O) groups excluding carboxylic acids is 1. The van der Waals surface area contributed by atoms with Crippen molar-refractivity contribution in [3.05, 3.63) is 47.3 Å². The van der Waals surface area contributed by atoms with Crippen molar-refractivity contribution in [2.75, 3.05) is 43.1 Å². The summed E-state index contributed by atoms with van der Waals surface area (Å²) in [6.45, 7) is 1.90. The van der Waals surface area contributed by atoms with E-state index in [1.165, 1.54) is 18.2 Å². The van der Waals surface area contributed by atoms with Gasteiger partial charge in [-0.05, 0) is 49.8 Å². The molecule has 4 rings (SSSR count). The average Bonchev–Trinajstić information content (AvgIpc) is 2.88. The Hall–Kier alpha value is -3.09. The van der Waals surface area contributed by atoms with Gasteiger partial charge in [0.1, 0.15) is 11.6 Å². The van der Waals surface area contributed by atoms with Crippen molar-refractivity contribution in [3.63, 3.8) is 0 Å². The molecule has 2 aliphatic rings. The van der Waals surface area contributed by atoms with Crippen LogP contribution < -0.4 is 15.5 Å². The molecule has 0 saturated carbocycles. The number of nitrogens with one attached hydrogen (secondary N) is 2. The monoisotopic (exact) mass is 545 g/mol. The first-order valence-electron chi connectivity index (χ1n) is 12.5. The molecular weight excluding hydrogens is 516 g/mol. The number of aromatic nitrogens is 2. The molecule has 2 aromatic rings. The number of nitrogens with zero attached hydrogens (tertiary/aromatic N) is 3. The Bertz CT molecular complexity index is 1090. The summed E-state index contributed by atoms with van der Waals surface area (Å²) in [6.07, 6.45) is -6.34. The van der Waals surface area contributed by atoms with Gasteiger partial charge in [0, 0.05) is 45.0 Å². The zero-order valence-corrected chi connectivity index (χ0v) is 20.5. The Labute approximate surface area is 216 Å². The quantitative estimate of drug-likeness (QED) is 0.492. The van der Waals surface area contributed by atoms with E-state index in [9.17, 15) is 31.1 Å². The molecule has 3 heterocycles. The van der Waals surface area contributed by atoms with E-state index in [0.717, 1.165) is 12.1 Å². The number of alkyl halides is 6. The first kappa shape index (κ1) is 27.9. The van der Waals surface area contributed by atoms with Gasteiger partial charge in [-0.15, -0.1) is 0 Å². The highest BCUT2D eigenvalue weighted by molar-refractivity contribution is 5.79. The van der Waals surface area contributed by atoms with Crippen LogP contribution in [0.15, 0.2) is 30.3 Å². The second-order valence-corrected chi connectivity index (χ2v) is 9.48. The number of ether oxygens (including phenoxy) is 1. The topological polar surface area (TPSA) is 79.4 Å². The summed E-state index contributed by atoms with van der Waals surface area (Å²) in [7, 11) is 0. The van der Waals surface area contributed by atoms with Crippen LogP contribution in [0.2, 0.25) is 0 Å². The van der Waals surface area contributed by atoms with Crippen molar-refractivity contribution in [3.8, 4) is 0 Å². The summed E-state index contributed by atoms with van der Waals surface area (Å²) in [5.41, 5.74) is -0.0918. The molecule has 0 unspecified atom stereocenters. The third-order valence-electron chi connectivity index (χ3n) is 6.65. The van der Waals surface area contributed by atoms with Crippen LogP contribution >= 0.6 is 0 Å². The lowest BCUT2D eigenvalue weighted by Crippen LogP contribution is -2.44. The van der Waals surface area contributed by atoms with E-state index in [1.54, 1.807) is 4.90 Å². The van der Waals surface area contributed by atoms with E-state index in [2.05, 4.69) is 20.6 Å². The number of rotatable bonds is 7. The van der Waals surface area contributed by atoms with Gasteiger partial charge in [0.05, 0.1) is 11.5 Å². The van der Waals surface area contributed by atoms with Gasteiger partial charge in [-0.25, -0.2) is 9.97 Å².